The van der Waals surface area contributed by atoms with Gasteiger partial charge in [-0.3, -0.25) is 10.00 Å². The molecule has 3 rings (SSSR count). The van der Waals surface area contributed by atoms with Crippen LogP contribution in [0.2, 0.25) is 0 Å². The summed E-state index contributed by atoms with van der Waals surface area (Å²) < 4.78 is 1.74. The number of nitrogens with zero attached hydrogens (tertiary/aromatic N) is 5. The van der Waals surface area contributed by atoms with Crippen molar-refractivity contribution in [2.45, 2.75) is 44.7 Å². The fourth-order valence-electron chi connectivity index (χ4n) is 2.97. The number of anilines is 1. The third kappa shape index (κ3) is 3.74. The molecule has 0 bridgehead atoms. The van der Waals surface area contributed by atoms with Gasteiger partial charge in [0.05, 0.1) is 12.1 Å². The van der Waals surface area contributed by atoms with Crippen LogP contribution in [0, 0.1) is 11.3 Å². The van der Waals surface area contributed by atoms with Crippen LogP contribution in [0.5, 0.6) is 0 Å². The number of amides is 2. The van der Waals surface area contributed by atoms with Gasteiger partial charge in [0.25, 0.3) is 0 Å². The number of hydrogen-bond donors (Lipinski definition) is 2. The number of likely N-dealkylation sites (tertiary alicyclic amines) is 1. The van der Waals surface area contributed by atoms with Gasteiger partial charge in [-0.2, -0.15) is 10.4 Å². The number of urea groups is 1. The number of aromatic nitrogens is 4. The smallest absolute Gasteiger partial charge is 0.323 e. The molecule has 0 radical (unpaired) electrons. The molecule has 2 amide bonds. The summed E-state index contributed by atoms with van der Waals surface area (Å²) in [6.45, 7) is 1.38. The van der Waals surface area contributed by atoms with Gasteiger partial charge in [0.15, 0.2) is 5.82 Å². The molecule has 3 heterocycles. The van der Waals surface area contributed by atoms with E-state index in [1.54, 1.807) is 23.1 Å². The second-order valence-corrected chi connectivity index (χ2v) is 5.84. The molecule has 0 saturated carbocycles. The number of nitrogens with one attached hydrogen (secondary N) is 2. The van der Waals surface area contributed by atoms with E-state index in [2.05, 4.69) is 26.5 Å². The average Bonchev–Trinajstić information content (AvgIpc) is 3.27. The van der Waals surface area contributed by atoms with Crippen LogP contribution in [0.15, 0.2) is 24.7 Å². The number of aromatic amines is 1. The van der Waals surface area contributed by atoms with Crippen LogP contribution in [0.1, 0.15) is 44.0 Å². The molecule has 2 N–H and O–H groups in total. The van der Waals surface area contributed by atoms with Crippen LogP contribution < -0.4 is 5.32 Å². The topological polar surface area (TPSA) is 103 Å². The summed E-state index contributed by atoms with van der Waals surface area (Å²) in [5.41, 5.74) is 0. The Kier molecular flexibility index (Phi) is 5.11. The molecule has 0 unspecified atom stereocenters. The van der Waals surface area contributed by atoms with E-state index in [0.29, 0.717) is 25.3 Å². The number of aryl methyl sites for hydroxylation is 1. The SMILES string of the molecule is N#CCCCn1ccc(NC(=O)N2CCCC[C@H]2c2ncc[nH]2)n1. The first-order chi connectivity index (χ1) is 11.8. The Hall–Kier alpha value is -2.82. The Morgan fingerprint density at radius 1 is 1.50 bits per heavy atom. The maximum Gasteiger partial charge on any atom is 0.323 e. The lowest BCUT2D eigenvalue weighted by atomic mass is 10.0. The van der Waals surface area contributed by atoms with Crippen molar-refractivity contribution in [2.24, 2.45) is 0 Å². The quantitative estimate of drug-likeness (QED) is 0.824. The zero-order chi connectivity index (χ0) is 16.8. The lowest BCUT2D eigenvalue weighted by molar-refractivity contribution is 0.159. The summed E-state index contributed by atoms with van der Waals surface area (Å²) >= 11 is 0. The fourth-order valence-corrected chi connectivity index (χ4v) is 2.97. The fraction of sp³-hybridized carbons (Fsp3) is 0.500. The number of hydrogen-bond acceptors (Lipinski definition) is 4. The van der Waals surface area contributed by atoms with Crippen molar-refractivity contribution in [3.05, 3.63) is 30.5 Å². The lowest BCUT2D eigenvalue weighted by Crippen LogP contribution is -2.41. The molecule has 8 heteroatoms. The van der Waals surface area contributed by atoms with Gasteiger partial charge in [-0.1, -0.05) is 0 Å². The van der Waals surface area contributed by atoms with Crippen LogP contribution >= 0.6 is 0 Å². The minimum Gasteiger partial charge on any atom is -0.347 e. The molecule has 0 aromatic carbocycles. The summed E-state index contributed by atoms with van der Waals surface area (Å²) in [5.74, 6) is 1.35. The van der Waals surface area contributed by atoms with Crippen molar-refractivity contribution >= 4 is 11.8 Å². The first-order valence-corrected chi connectivity index (χ1v) is 8.25. The summed E-state index contributed by atoms with van der Waals surface area (Å²) in [7, 11) is 0. The second kappa shape index (κ2) is 7.64. The van der Waals surface area contributed by atoms with E-state index in [0.717, 1.165) is 31.5 Å². The van der Waals surface area contributed by atoms with Crippen molar-refractivity contribution < 1.29 is 4.79 Å². The Morgan fingerprint density at radius 3 is 3.21 bits per heavy atom. The molecule has 24 heavy (non-hydrogen) atoms. The Bertz CT molecular complexity index is 700. The highest BCUT2D eigenvalue weighted by Gasteiger charge is 2.29. The van der Waals surface area contributed by atoms with E-state index in [1.807, 2.05) is 11.1 Å². The van der Waals surface area contributed by atoms with E-state index < -0.39 is 0 Å². The monoisotopic (exact) mass is 327 g/mol. The van der Waals surface area contributed by atoms with Crippen LogP contribution in [-0.4, -0.2) is 37.2 Å². The molecular formula is C16H21N7O. The molecular weight excluding hydrogens is 306 g/mol. The summed E-state index contributed by atoms with van der Waals surface area (Å²) in [4.78, 5) is 21.9. The number of H-pyrrole nitrogens is 1. The molecule has 126 valence electrons. The van der Waals surface area contributed by atoms with E-state index in [4.69, 9.17) is 5.26 Å². The zero-order valence-corrected chi connectivity index (χ0v) is 13.5. The molecule has 2 aromatic heterocycles. The standard InChI is InChI=1S/C16H21N7O/c17-7-2-4-10-22-12-6-14(21-22)20-16(24)23-11-3-1-5-13(23)15-18-8-9-19-15/h6,8-9,12-13H,1-5,10-11H2,(H,18,19)(H,20,21,24)/t13-/m0/s1. The van der Waals surface area contributed by atoms with Gasteiger partial charge in [-0.25, -0.2) is 9.78 Å². The maximum atomic E-state index is 12.6. The molecule has 1 aliphatic rings. The molecule has 8 nitrogen and oxygen atoms in total. The summed E-state index contributed by atoms with van der Waals surface area (Å²) in [5, 5.41) is 15.8. The number of piperidine rings is 1. The van der Waals surface area contributed by atoms with Crippen molar-refractivity contribution in [2.75, 3.05) is 11.9 Å². The minimum absolute atomic E-state index is 0.0218. The third-order valence-corrected chi connectivity index (χ3v) is 4.15. The number of carbonyl (C=O) groups is 1. The molecule has 0 aliphatic carbocycles. The third-order valence-electron chi connectivity index (χ3n) is 4.15. The van der Waals surface area contributed by atoms with Crippen molar-refractivity contribution in [1.82, 2.24) is 24.6 Å². The van der Waals surface area contributed by atoms with E-state index in [1.165, 1.54) is 0 Å². The first kappa shape index (κ1) is 16.1. The molecule has 2 aromatic rings. The highest BCUT2D eigenvalue weighted by atomic mass is 16.2. The number of imidazole rings is 1. The van der Waals surface area contributed by atoms with E-state index in [-0.39, 0.29) is 12.1 Å². The highest BCUT2D eigenvalue weighted by Crippen LogP contribution is 2.29. The molecule has 1 aliphatic heterocycles. The van der Waals surface area contributed by atoms with Gasteiger partial charge in [-0.05, 0) is 25.7 Å². The Morgan fingerprint density at radius 2 is 2.42 bits per heavy atom. The van der Waals surface area contributed by atoms with Crippen molar-refractivity contribution in [1.29, 1.82) is 5.26 Å². The van der Waals surface area contributed by atoms with Crippen molar-refractivity contribution in [3.8, 4) is 6.07 Å². The largest absolute Gasteiger partial charge is 0.347 e. The Labute approximate surface area is 140 Å². The van der Waals surface area contributed by atoms with Crippen molar-refractivity contribution in [3.63, 3.8) is 0 Å². The van der Waals surface area contributed by atoms with Crippen LogP contribution in [0.25, 0.3) is 0 Å². The zero-order valence-electron chi connectivity index (χ0n) is 13.5. The molecule has 1 atom stereocenters. The number of unbranched alkanes of at least 4 members (excludes halogenated alkanes) is 1. The second-order valence-electron chi connectivity index (χ2n) is 5.84. The Balaban J connectivity index is 1.62. The van der Waals surface area contributed by atoms with E-state index >= 15 is 0 Å². The normalized spacial score (nSPS) is 17.5. The lowest BCUT2D eigenvalue weighted by Gasteiger charge is -2.34. The minimum atomic E-state index is -0.154. The van der Waals surface area contributed by atoms with Crippen LogP contribution in [-0.2, 0) is 6.54 Å². The van der Waals surface area contributed by atoms with Gasteiger partial charge in [-0.15, -0.1) is 0 Å². The maximum absolute atomic E-state index is 12.6. The van der Waals surface area contributed by atoms with Crippen LogP contribution in [0.3, 0.4) is 0 Å². The molecule has 1 fully saturated rings. The summed E-state index contributed by atoms with van der Waals surface area (Å²) in [6, 6.07) is 3.71. The van der Waals surface area contributed by atoms with Crippen LogP contribution in [0.4, 0.5) is 10.6 Å². The van der Waals surface area contributed by atoms with Gasteiger partial charge < -0.3 is 9.88 Å². The van der Waals surface area contributed by atoms with Gasteiger partial charge >= 0.3 is 6.03 Å². The number of carbonyl (C=O) groups excluding carboxylic acids is 1. The summed E-state index contributed by atoms with van der Waals surface area (Å²) in [6.07, 6.45) is 9.54. The number of nitriles is 1. The van der Waals surface area contributed by atoms with E-state index in [9.17, 15) is 4.79 Å². The average molecular weight is 327 g/mol. The first-order valence-electron chi connectivity index (χ1n) is 8.25. The molecule has 1 saturated heterocycles. The molecule has 0 spiro atoms. The predicted molar refractivity (Wildman–Crippen MR) is 88.0 cm³/mol. The van der Waals surface area contributed by atoms with Gasteiger partial charge in [0, 0.05) is 44.2 Å². The highest BCUT2D eigenvalue weighted by molar-refractivity contribution is 5.88. The van der Waals surface area contributed by atoms with Gasteiger partial charge in [0.1, 0.15) is 5.82 Å². The predicted octanol–water partition coefficient (Wildman–Crippen LogP) is 2.67. The number of rotatable bonds is 5. The van der Waals surface area contributed by atoms with Gasteiger partial charge in [0.2, 0.25) is 0 Å².